The summed E-state index contributed by atoms with van der Waals surface area (Å²) in [6.45, 7) is 0. The van der Waals surface area contributed by atoms with Gasteiger partial charge in [-0.3, -0.25) is 4.90 Å². The Bertz CT molecular complexity index is 812. The molecule has 0 aromatic heterocycles. The minimum Gasteiger partial charge on any atom is -0.508 e. The second-order valence-corrected chi connectivity index (χ2v) is 5.86. The van der Waals surface area contributed by atoms with E-state index in [1.54, 1.807) is 13.2 Å². The highest BCUT2D eigenvalue weighted by Crippen LogP contribution is 2.39. The highest BCUT2D eigenvalue weighted by molar-refractivity contribution is 5.89. The van der Waals surface area contributed by atoms with Gasteiger partial charge in [0.25, 0.3) is 0 Å². The van der Waals surface area contributed by atoms with Crippen LogP contribution in [0.2, 0.25) is 0 Å². The summed E-state index contributed by atoms with van der Waals surface area (Å²) in [4.78, 5) is 2.11. The summed E-state index contributed by atoms with van der Waals surface area (Å²) in [7, 11) is 5.70. The maximum atomic E-state index is 10.6. The minimum absolute atomic E-state index is 0.0352. The van der Waals surface area contributed by atoms with Crippen LogP contribution in [0, 0.1) is 0 Å². The summed E-state index contributed by atoms with van der Waals surface area (Å²) in [5, 5.41) is 12.7. The molecular weight excluding hydrogens is 286 g/mol. The molecule has 0 fully saturated rings. The van der Waals surface area contributed by atoms with Crippen LogP contribution in [-0.2, 0) is 0 Å². The van der Waals surface area contributed by atoms with Gasteiger partial charge in [-0.15, -0.1) is 0 Å². The Kier molecular flexibility index (Phi) is 4.22. The zero-order valence-electron chi connectivity index (χ0n) is 13.7. The molecule has 0 aliphatic rings. The number of hydrogen-bond donors (Lipinski definition) is 1. The molecule has 3 aromatic rings. The van der Waals surface area contributed by atoms with Crippen molar-refractivity contribution in [3.63, 3.8) is 0 Å². The number of methoxy groups -OCH3 is 1. The molecule has 0 amide bonds. The molecule has 0 bridgehead atoms. The fourth-order valence-electron chi connectivity index (χ4n) is 3.08. The van der Waals surface area contributed by atoms with E-state index in [4.69, 9.17) is 4.74 Å². The van der Waals surface area contributed by atoms with E-state index in [0.717, 1.165) is 27.6 Å². The molecule has 0 aliphatic carbocycles. The molecule has 0 heterocycles. The molecule has 0 spiro atoms. The van der Waals surface area contributed by atoms with Crippen molar-refractivity contribution in [2.24, 2.45) is 0 Å². The Morgan fingerprint density at radius 2 is 1.65 bits per heavy atom. The molecule has 0 aliphatic heterocycles. The normalized spacial score (nSPS) is 12.5. The SMILES string of the molecule is COc1ccc2ccc(O)c(C(c3ccccc3)N(C)C)c2c1. The molecule has 23 heavy (non-hydrogen) atoms. The van der Waals surface area contributed by atoms with Crippen molar-refractivity contribution >= 4 is 10.8 Å². The van der Waals surface area contributed by atoms with Gasteiger partial charge < -0.3 is 9.84 Å². The summed E-state index contributed by atoms with van der Waals surface area (Å²) in [5.41, 5.74) is 2.04. The van der Waals surface area contributed by atoms with E-state index in [1.807, 2.05) is 56.6 Å². The maximum Gasteiger partial charge on any atom is 0.121 e. The highest BCUT2D eigenvalue weighted by atomic mass is 16.5. The van der Waals surface area contributed by atoms with Gasteiger partial charge in [-0.1, -0.05) is 42.5 Å². The van der Waals surface area contributed by atoms with Crippen molar-refractivity contribution < 1.29 is 9.84 Å². The van der Waals surface area contributed by atoms with Gasteiger partial charge in [0, 0.05) is 5.56 Å². The number of ether oxygens (including phenoxy) is 1. The predicted molar refractivity (Wildman–Crippen MR) is 94.1 cm³/mol. The Morgan fingerprint density at radius 1 is 0.957 bits per heavy atom. The third-order valence-corrected chi connectivity index (χ3v) is 4.15. The van der Waals surface area contributed by atoms with Crippen LogP contribution in [0.1, 0.15) is 17.2 Å². The van der Waals surface area contributed by atoms with Gasteiger partial charge in [0.05, 0.1) is 13.2 Å². The van der Waals surface area contributed by atoms with E-state index < -0.39 is 0 Å². The number of nitrogens with zero attached hydrogens (tertiary/aromatic N) is 1. The first-order valence-corrected chi connectivity index (χ1v) is 7.63. The van der Waals surface area contributed by atoms with Gasteiger partial charge in [0.1, 0.15) is 11.5 Å². The van der Waals surface area contributed by atoms with Gasteiger partial charge >= 0.3 is 0 Å². The van der Waals surface area contributed by atoms with Gasteiger partial charge in [0.15, 0.2) is 0 Å². The first-order chi connectivity index (χ1) is 11.1. The third-order valence-electron chi connectivity index (χ3n) is 4.15. The largest absolute Gasteiger partial charge is 0.508 e. The number of hydrogen-bond acceptors (Lipinski definition) is 3. The molecule has 3 rings (SSSR count). The fourth-order valence-corrected chi connectivity index (χ4v) is 3.08. The Labute approximate surface area is 136 Å². The molecule has 118 valence electrons. The Hall–Kier alpha value is -2.52. The number of rotatable bonds is 4. The van der Waals surface area contributed by atoms with E-state index in [9.17, 15) is 5.11 Å². The molecule has 0 radical (unpaired) electrons. The summed E-state index contributed by atoms with van der Waals surface area (Å²) in [6, 6.07) is 19.8. The average Bonchev–Trinajstić information content (AvgIpc) is 2.57. The lowest BCUT2D eigenvalue weighted by atomic mass is 9.92. The monoisotopic (exact) mass is 307 g/mol. The van der Waals surface area contributed by atoms with E-state index in [-0.39, 0.29) is 6.04 Å². The van der Waals surface area contributed by atoms with E-state index in [0.29, 0.717) is 5.75 Å². The molecule has 0 saturated carbocycles. The van der Waals surface area contributed by atoms with Crippen molar-refractivity contribution in [2.75, 3.05) is 21.2 Å². The molecule has 1 N–H and O–H groups in total. The number of phenolic OH excluding ortho intramolecular Hbond substituents is 1. The zero-order valence-corrected chi connectivity index (χ0v) is 13.7. The summed E-state index contributed by atoms with van der Waals surface area (Å²) >= 11 is 0. The molecule has 3 aromatic carbocycles. The quantitative estimate of drug-likeness (QED) is 0.784. The number of fused-ring (bicyclic) bond motifs is 1. The lowest BCUT2D eigenvalue weighted by Crippen LogP contribution is -2.21. The predicted octanol–water partition coefficient (Wildman–Crippen LogP) is 4.21. The second-order valence-electron chi connectivity index (χ2n) is 5.86. The fraction of sp³-hybridized carbons (Fsp3) is 0.200. The molecule has 3 heteroatoms. The molecule has 1 atom stereocenters. The third kappa shape index (κ3) is 2.88. The number of phenols is 1. The lowest BCUT2D eigenvalue weighted by Gasteiger charge is -2.27. The van der Waals surface area contributed by atoms with Crippen LogP contribution in [0.3, 0.4) is 0 Å². The molecular formula is C20H21NO2. The van der Waals surface area contributed by atoms with Gasteiger partial charge in [-0.25, -0.2) is 0 Å². The minimum atomic E-state index is -0.0352. The van der Waals surface area contributed by atoms with Crippen molar-refractivity contribution in [2.45, 2.75) is 6.04 Å². The van der Waals surface area contributed by atoms with Crippen LogP contribution >= 0.6 is 0 Å². The summed E-state index contributed by atoms with van der Waals surface area (Å²) in [6.07, 6.45) is 0. The van der Waals surface area contributed by atoms with Crippen molar-refractivity contribution in [1.29, 1.82) is 0 Å². The van der Waals surface area contributed by atoms with Crippen LogP contribution in [0.15, 0.2) is 60.7 Å². The molecule has 0 saturated heterocycles. The van der Waals surface area contributed by atoms with Gasteiger partial charge in [-0.05, 0) is 48.6 Å². The van der Waals surface area contributed by atoms with E-state index in [1.165, 1.54) is 0 Å². The second kappa shape index (κ2) is 6.31. The van der Waals surface area contributed by atoms with Crippen LogP contribution in [0.5, 0.6) is 11.5 Å². The smallest absolute Gasteiger partial charge is 0.121 e. The van der Waals surface area contributed by atoms with Crippen LogP contribution in [0.25, 0.3) is 10.8 Å². The van der Waals surface area contributed by atoms with Crippen molar-refractivity contribution in [1.82, 2.24) is 4.90 Å². The Morgan fingerprint density at radius 3 is 2.30 bits per heavy atom. The van der Waals surface area contributed by atoms with Gasteiger partial charge in [-0.2, -0.15) is 0 Å². The van der Waals surface area contributed by atoms with Crippen LogP contribution in [0.4, 0.5) is 0 Å². The standard InChI is InChI=1S/C20H21NO2/c1-21(2)20(15-7-5-4-6-8-15)19-17-13-16(23-3)11-9-14(17)10-12-18(19)22/h4-13,20,22H,1-3H3. The van der Waals surface area contributed by atoms with Crippen LogP contribution < -0.4 is 4.74 Å². The van der Waals surface area contributed by atoms with Gasteiger partial charge in [0.2, 0.25) is 0 Å². The maximum absolute atomic E-state index is 10.6. The van der Waals surface area contributed by atoms with Crippen molar-refractivity contribution in [3.05, 3.63) is 71.8 Å². The average molecular weight is 307 g/mol. The first kappa shape index (κ1) is 15.4. The van der Waals surface area contributed by atoms with Crippen molar-refractivity contribution in [3.8, 4) is 11.5 Å². The zero-order chi connectivity index (χ0) is 16.4. The Balaban J connectivity index is 2.29. The summed E-state index contributed by atoms with van der Waals surface area (Å²) < 4.78 is 5.37. The van der Waals surface area contributed by atoms with Crippen LogP contribution in [-0.4, -0.2) is 31.2 Å². The number of benzene rings is 3. The number of aromatic hydroxyl groups is 1. The topological polar surface area (TPSA) is 32.7 Å². The summed E-state index contributed by atoms with van der Waals surface area (Å²) in [5.74, 6) is 1.09. The van der Waals surface area contributed by atoms with E-state index in [2.05, 4.69) is 17.0 Å². The highest BCUT2D eigenvalue weighted by Gasteiger charge is 2.22. The first-order valence-electron chi connectivity index (χ1n) is 7.63. The molecule has 1 unspecified atom stereocenters. The lowest BCUT2D eigenvalue weighted by molar-refractivity contribution is 0.333. The van der Waals surface area contributed by atoms with E-state index >= 15 is 0 Å². The molecule has 3 nitrogen and oxygen atoms in total.